The van der Waals surface area contributed by atoms with Crippen molar-refractivity contribution < 1.29 is 14.5 Å². The van der Waals surface area contributed by atoms with E-state index in [1.807, 2.05) is 12.1 Å². The van der Waals surface area contributed by atoms with Crippen molar-refractivity contribution in [3.05, 3.63) is 63.2 Å². The summed E-state index contributed by atoms with van der Waals surface area (Å²) in [4.78, 5) is 24.8. The number of nitrogens with one attached hydrogen (secondary N) is 1. The van der Waals surface area contributed by atoms with Crippen LogP contribution in [0.1, 0.15) is 10.4 Å². The Bertz CT molecular complexity index is 789. The molecule has 0 saturated carbocycles. The standard InChI is InChI=1S/C17H16ClN3O4/c18-16-6-5-14(21(23)24)11-15(16)17(22)19-12-1-3-13(4-2-12)20-7-9-25-10-8-20/h1-6,11H,7-10H2,(H,19,22). The van der Waals surface area contributed by atoms with E-state index < -0.39 is 10.8 Å². The Kier molecular flexibility index (Phi) is 5.16. The number of hydrogen-bond acceptors (Lipinski definition) is 5. The fourth-order valence-corrected chi connectivity index (χ4v) is 2.78. The molecule has 2 aromatic carbocycles. The number of ether oxygens (including phenoxy) is 1. The molecule has 130 valence electrons. The summed E-state index contributed by atoms with van der Waals surface area (Å²) in [5.41, 5.74) is 1.52. The van der Waals surface area contributed by atoms with Crippen molar-refractivity contribution >= 4 is 34.6 Å². The van der Waals surface area contributed by atoms with Gasteiger partial charge < -0.3 is 15.0 Å². The molecule has 0 aromatic heterocycles. The lowest BCUT2D eigenvalue weighted by molar-refractivity contribution is -0.384. The molecule has 2 aromatic rings. The van der Waals surface area contributed by atoms with Gasteiger partial charge in [0.2, 0.25) is 0 Å². The summed E-state index contributed by atoms with van der Waals surface area (Å²) in [6.07, 6.45) is 0. The minimum atomic E-state index is -0.565. The summed E-state index contributed by atoms with van der Waals surface area (Å²) < 4.78 is 5.33. The highest BCUT2D eigenvalue weighted by molar-refractivity contribution is 6.34. The number of benzene rings is 2. The number of nitrogens with zero attached hydrogens (tertiary/aromatic N) is 2. The number of non-ortho nitro benzene ring substituents is 1. The summed E-state index contributed by atoms with van der Waals surface area (Å²) in [5.74, 6) is -0.493. The van der Waals surface area contributed by atoms with E-state index in [1.165, 1.54) is 18.2 Å². The van der Waals surface area contributed by atoms with Gasteiger partial charge in [0, 0.05) is 36.6 Å². The molecule has 1 fully saturated rings. The summed E-state index contributed by atoms with van der Waals surface area (Å²) >= 11 is 5.99. The SMILES string of the molecule is O=C(Nc1ccc(N2CCOCC2)cc1)c1cc([N+](=O)[O-])ccc1Cl. The fourth-order valence-electron chi connectivity index (χ4n) is 2.58. The van der Waals surface area contributed by atoms with Crippen LogP contribution in [0.4, 0.5) is 17.1 Å². The van der Waals surface area contributed by atoms with Crippen molar-refractivity contribution in [1.29, 1.82) is 0 Å². The summed E-state index contributed by atoms with van der Waals surface area (Å²) in [7, 11) is 0. The highest BCUT2D eigenvalue weighted by Crippen LogP contribution is 2.24. The van der Waals surface area contributed by atoms with Crippen molar-refractivity contribution in [3.8, 4) is 0 Å². The smallest absolute Gasteiger partial charge is 0.270 e. The van der Waals surface area contributed by atoms with Crippen LogP contribution in [-0.2, 0) is 4.74 Å². The lowest BCUT2D eigenvalue weighted by Gasteiger charge is -2.28. The molecule has 1 aliphatic heterocycles. The second-order valence-corrected chi connectivity index (χ2v) is 5.93. The van der Waals surface area contributed by atoms with Crippen molar-refractivity contribution in [3.63, 3.8) is 0 Å². The van der Waals surface area contributed by atoms with Gasteiger partial charge in [-0.15, -0.1) is 0 Å². The molecular formula is C17H16ClN3O4. The van der Waals surface area contributed by atoms with Crippen LogP contribution in [0.2, 0.25) is 5.02 Å². The molecule has 1 amide bonds. The second kappa shape index (κ2) is 7.50. The van der Waals surface area contributed by atoms with Crippen LogP contribution in [0.25, 0.3) is 0 Å². The third kappa shape index (κ3) is 4.07. The van der Waals surface area contributed by atoms with Crippen LogP contribution in [0.15, 0.2) is 42.5 Å². The third-order valence-corrected chi connectivity index (χ3v) is 4.24. The molecule has 1 aliphatic rings. The molecular weight excluding hydrogens is 346 g/mol. The fraction of sp³-hybridized carbons (Fsp3) is 0.235. The van der Waals surface area contributed by atoms with E-state index in [-0.39, 0.29) is 16.3 Å². The predicted octanol–water partition coefficient (Wildman–Crippen LogP) is 3.34. The number of rotatable bonds is 4. The molecule has 8 heteroatoms. The maximum Gasteiger partial charge on any atom is 0.270 e. The molecule has 7 nitrogen and oxygen atoms in total. The Labute approximate surface area is 149 Å². The average molecular weight is 362 g/mol. The number of anilines is 2. The Morgan fingerprint density at radius 3 is 2.48 bits per heavy atom. The molecule has 1 saturated heterocycles. The molecule has 0 bridgehead atoms. The molecule has 3 rings (SSSR count). The van der Waals surface area contributed by atoms with E-state index in [0.717, 1.165) is 18.8 Å². The van der Waals surface area contributed by atoms with Crippen molar-refractivity contribution in [1.82, 2.24) is 0 Å². The lowest BCUT2D eigenvalue weighted by Crippen LogP contribution is -2.36. The van der Waals surface area contributed by atoms with Crippen molar-refractivity contribution in [2.45, 2.75) is 0 Å². The molecule has 0 spiro atoms. The Morgan fingerprint density at radius 2 is 1.84 bits per heavy atom. The topological polar surface area (TPSA) is 84.7 Å². The molecule has 0 aliphatic carbocycles. The van der Waals surface area contributed by atoms with Gasteiger partial charge in [0.15, 0.2) is 0 Å². The summed E-state index contributed by atoms with van der Waals surface area (Å²) in [6, 6.07) is 11.2. The van der Waals surface area contributed by atoms with E-state index in [1.54, 1.807) is 12.1 Å². The first-order valence-electron chi connectivity index (χ1n) is 7.72. The van der Waals surface area contributed by atoms with Crippen LogP contribution in [0, 0.1) is 10.1 Å². The maximum absolute atomic E-state index is 12.4. The Morgan fingerprint density at radius 1 is 1.16 bits per heavy atom. The van der Waals surface area contributed by atoms with Gasteiger partial charge in [-0.1, -0.05) is 11.6 Å². The van der Waals surface area contributed by atoms with E-state index in [4.69, 9.17) is 16.3 Å². The first kappa shape index (κ1) is 17.2. The van der Waals surface area contributed by atoms with Crippen LogP contribution in [0.5, 0.6) is 0 Å². The van der Waals surface area contributed by atoms with Crippen LogP contribution >= 0.6 is 11.6 Å². The van der Waals surface area contributed by atoms with Gasteiger partial charge in [0.25, 0.3) is 11.6 Å². The van der Waals surface area contributed by atoms with E-state index >= 15 is 0 Å². The maximum atomic E-state index is 12.4. The van der Waals surface area contributed by atoms with E-state index in [9.17, 15) is 14.9 Å². The number of nitro benzene ring substituents is 1. The van der Waals surface area contributed by atoms with Crippen LogP contribution in [-0.4, -0.2) is 37.1 Å². The Hall–Kier alpha value is -2.64. The average Bonchev–Trinajstić information content (AvgIpc) is 2.63. The minimum Gasteiger partial charge on any atom is -0.378 e. The molecule has 25 heavy (non-hydrogen) atoms. The van der Waals surface area contributed by atoms with Gasteiger partial charge in [-0.2, -0.15) is 0 Å². The first-order chi connectivity index (χ1) is 12.0. The van der Waals surface area contributed by atoms with Gasteiger partial charge in [0.1, 0.15) is 0 Å². The summed E-state index contributed by atoms with van der Waals surface area (Å²) in [6.45, 7) is 3.05. The highest BCUT2D eigenvalue weighted by atomic mass is 35.5. The van der Waals surface area contributed by atoms with E-state index in [0.29, 0.717) is 18.9 Å². The number of amides is 1. The highest BCUT2D eigenvalue weighted by Gasteiger charge is 2.16. The van der Waals surface area contributed by atoms with Gasteiger partial charge >= 0.3 is 0 Å². The normalized spacial score (nSPS) is 14.2. The predicted molar refractivity (Wildman–Crippen MR) is 95.5 cm³/mol. The largest absolute Gasteiger partial charge is 0.378 e. The lowest BCUT2D eigenvalue weighted by atomic mass is 10.1. The number of nitro groups is 1. The zero-order valence-electron chi connectivity index (χ0n) is 13.3. The quantitative estimate of drug-likeness (QED) is 0.667. The van der Waals surface area contributed by atoms with Gasteiger partial charge in [0.05, 0.1) is 28.7 Å². The third-order valence-electron chi connectivity index (χ3n) is 3.91. The van der Waals surface area contributed by atoms with Crippen LogP contribution < -0.4 is 10.2 Å². The molecule has 0 atom stereocenters. The number of morpholine rings is 1. The zero-order chi connectivity index (χ0) is 17.8. The molecule has 0 unspecified atom stereocenters. The Balaban J connectivity index is 1.72. The molecule has 0 radical (unpaired) electrons. The van der Waals surface area contributed by atoms with E-state index in [2.05, 4.69) is 10.2 Å². The summed E-state index contributed by atoms with van der Waals surface area (Å²) in [5, 5.41) is 13.7. The minimum absolute atomic E-state index is 0.0631. The van der Waals surface area contributed by atoms with Crippen molar-refractivity contribution in [2.24, 2.45) is 0 Å². The number of halogens is 1. The van der Waals surface area contributed by atoms with Crippen molar-refractivity contribution in [2.75, 3.05) is 36.5 Å². The van der Waals surface area contributed by atoms with Gasteiger partial charge in [-0.3, -0.25) is 14.9 Å². The molecule has 1 heterocycles. The monoisotopic (exact) mass is 361 g/mol. The van der Waals surface area contributed by atoms with Gasteiger partial charge in [-0.05, 0) is 30.3 Å². The van der Waals surface area contributed by atoms with Crippen LogP contribution in [0.3, 0.4) is 0 Å². The molecule has 1 N–H and O–H groups in total. The number of hydrogen-bond donors (Lipinski definition) is 1. The first-order valence-corrected chi connectivity index (χ1v) is 8.10. The van der Waals surface area contributed by atoms with Gasteiger partial charge in [-0.25, -0.2) is 0 Å². The zero-order valence-corrected chi connectivity index (χ0v) is 14.0. The second-order valence-electron chi connectivity index (χ2n) is 5.52. The number of carbonyl (C=O) groups is 1. The number of carbonyl (C=O) groups excluding carboxylic acids is 1.